The van der Waals surface area contributed by atoms with Crippen LogP contribution in [0.3, 0.4) is 0 Å². The van der Waals surface area contributed by atoms with E-state index in [2.05, 4.69) is 6.92 Å². The van der Waals surface area contributed by atoms with E-state index in [1.165, 1.54) is 57.8 Å². The second kappa shape index (κ2) is 14.1. The number of carboxylic acids is 1. The number of carboxylic acid groups (broad SMARTS) is 1. The van der Waals surface area contributed by atoms with Crippen LogP contribution in [0.2, 0.25) is 0 Å². The maximum Gasteiger partial charge on any atom is 0.320 e. The van der Waals surface area contributed by atoms with E-state index in [0.717, 1.165) is 19.3 Å². The van der Waals surface area contributed by atoms with Gasteiger partial charge in [-0.05, 0) is 27.2 Å². The Morgan fingerprint density at radius 1 is 0.800 bits per heavy atom. The van der Waals surface area contributed by atoms with E-state index in [-0.39, 0.29) is 0 Å². The van der Waals surface area contributed by atoms with E-state index in [9.17, 15) is 14.7 Å². The van der Waals surface area contributed by atoms with E-state index in [4.69, 9.17) is 4.74 Å². The summed E-state index contributed by atoms with van der Waals surface area (Å²) in [4.78, 5) is 23.2. The fourth-order valence-electron chi connectivity index (χ4n) is 2.90. The molecule has 0 aliphatic heterocycles. The molecule has 1 atom stereocenters. The van der Waals surface area contributed by atoms with Crippen molar-refractivity contribution in [3.63, 3.8) is 0 Å². The van der Waals surface area contributed by atoms with Gasteiger partial charge in [0, 0.05) is 0 Å². The van der Waals surface area contributed by atoms with E-state index >= 15 is 0 Å². The quantitative estimate of drug-likeness (QED) is 0.218. The molecule has 0 radical (unpaired) electrons. The van der Waals surface area contributed by atoms with Gasteiger partial charge in [0.25, 0.3) is 0 Å². The van der Waals surface area contributed by atoms with Crippen LogP contribution in [0.4, 0.5) is 0 Å². The van der Waals surface area contributed by atoms with Crippen LogP contribution in [0.25, 0.3) is 0 Å². The van der Waals surface area contributed by atoms with Crippen molar-refractivity contribution >= 4 is 11.9 Å². The number of carbonyl (C=O) groups is 2. The molecule has 148 valence electrons. The third-order valence-corrected chi connectivity index (χ3v) is 4.34. The molecule has 0 saturated carbocycles. The van der Waals surface area contributed by atoms with Crippen molar-refractivity contribution in [1.82, 2.24) is 0 Å². The molecule has 0 heterocycles. The number of esters is 1. The maximum atomic E-state index is 11.9. The summed E-state index contributed by atoms with van der Waals surface area (Å²) in [5.41, 5.74) is -0.638. The zero-order valence-corrected chi connectivity index (χ0v) is 16.9. The predicted octanol–water partition coefficient (Wildman–Crippen LogP) is 6.12. The zero-order chi connectivity index (χ0) is 19.1. The van der Waals surface area contributed by atoms with Crippen LogP contribution in [0, 0.1) is 5.92 Å². The van der Waals surface area contributed by atoms with E-state index in [0.29, 0.717) is 6.42 Å². The molecule has 0 aromatic heterocycles. The van der Waals surface area contributed by atoms with Crippen LogP contribution in [0.15, 0.2) is 0 Å². The van der Waals surface area contributed by atoms with Crippen molar-refractivity contribution in [3.05, 3.63) is 0 Å². The van der Waals surface area contributed by atoms with Crippen molar-refractivity contribution in [1.29, 1.82) is 0 Å². The third-order valence-electron chi connectivity index (χ3n) is 4.34. The number of rotatable bonds is 15. The van der Waals surface area contributed by atoms with Gasteiger partial charge in [-0.2, -0.15) is 0 Å². The molecular formula is C21H40O4. The van der Waals surface area contributed by atoms with Crippen LogP contribution in [0.1, 0.15) is 111 Å². The molecule has 0 aromatic rings. The molecule has 0 bridgehead atoms. The van der Waals surface area contributed by atoms with Crippen molar-refractivity contribution in [2.45, 2.75) is 117 Å². The first-order chi connectivity index (χ1) is 11.8. The second-order valence-corrected chi connectivity index (χ2v) is 8.10. The minimum Gasteiger partial charge on any atom is -0.481 e. The van der Waals surface area contributed by atoms with E-state index < -0.39 is 23.5 Å². The van der Waals surface area contributed by atoms with Gasteiger partial charge in [-0.1, -0.05) is 84.0 Å². The molecular weight excluding hydrogens is 316 g/mol. The summed E-state index contributed by atoms with van der Waals surface area (Å²) in [5.74, 6) is -2.71. The van der Waals surface area contributed by atoms with Crippen LogP contribution in [0.5, 0.6) is 0 Å². The SMILES string of the molecule is CCCCCCCCCCCCCCC(C(=O)O)C(=O)OC(C)(C)C. The lowest BCUT2D eigenvalue weighted by molar-refractivity contribution is -0.167. The Hall–Kier alpha value is -1.06. The summed E-state index contributed by atoms with van der Waals surface area (Å²) in [6, 6.07) is 0. The smallest absolute Gasteiger partial charge is 0.320 e. The van der Waals surface area contributed by atoms with Gasteiger partial charge >= 0.3 is 11.9 Å². The lowest BCUT2D eigenvalue weighted by Gasteiger charge is -2.22. The van der Waals surface area contributed by atoms with Gasteiger partial charge in [0.05, 0.1) is 0 Å². The van der Waals surface area contributed by atoms with Gasteiger partial charge in [-0.25, -0.2) is 0 Å². The Morgan fingerprint density at radius 3 is 1.56 bits per heavy atom. The van der Waals surface area contributed by atoms with Crippen LogP contribution < -0.4 is 0 Å². The maximum absolute atomic E-state index is 11.9. The summed E-state index contributed by atoms with van der Waals surface area (Å²) in [6.07, 6.45) is 15.1. The Bertz CT molecular complexity index is 357. The molecule has 0 rings (SSSR count). The zero-order valence-electron chi connectivity index (χ0n) is 16.9. The fraction of sp³-hybridized carbons (Fsp3) is 0.905. The van der Waals surface area contributed by atoms with Crippen molar-refractivity contribution in [2.75, 3.05) is 0 Å². The monoisotopic (exact) mass is 356 g/mol. The third kappa shape index (κ3) is 14.9. The molecule has 0 aliphatic carbocycles. The first-order valence-corrected chi connectivity index (χ1v) is 10.2. The first kappa shape index (κ1) is 23.9. The molecule has 0 saturated heterocycles. The summed E-state index contributed by atoms with van der Waals surface area (Å²) >= 11 is 0. The van der Waals surface area contributed by atoms with E-state index in [1.807, 2.05) is 0 Å². The van der Waals surface area contributed by atoms with Crippen LogP contribution in [-0.2, 0) is 14.3 Å². The van der Waals surface area contributed by atoms with Crippen molar-refractivity contribution in [3.8, 4) is 0 Å². The predicted molar refractivity (Wildman–Crippen MR) is 103 cm³/mol. The van der Waals surface area contributed by atoms with Gasteiger partial charge in [0.2, 0.25) is 0 Å². The first-order valence-electron chi connectivity index (χ1n) is 10.2. The van der Waals surface area contributed by atoms with Gasteiger partial charge in [-0.15, -0.1) is 0 Å². The highest BCUT2D eigenvalue weighted by Gasteiger charge is 2.30. The highest BCUT2D eigenvalue weighted by molar-refractivity contribution is 5.94. The highest BCUT2D eigenvalue weighted by Crippen LogP contribution is 2.18. The molecule has 0 fully saturated rings. The lowest BCUT2D eigenvalue weighted by atomic mass is 9.99. The Labute approximate surface area is 154 Å². The van der Waals surface area contributed by atoms with E-state index in [1.54, 1.807) is 20.8 Å². The number of hydrogen-bond acceptors (Lipinski definition) is 3. The molecule has 4 nitrogen and oxygen atoms in total. The largest absolute Gasteiger partial charge is 0.481 e. The fourth-order valence-corrected chi connectivity index (χ4v) is 2.90. The normalized spacial score (nSPS) is 12.8. The summed E-state index contributed by atoms with van der Waals surface area (Å²) in [5, 5.41) is 9.22. The number of aliphatic carboxylic acids is 1. The minimum absolute atomic E-state index is 0.377. The Morgan fingerprint density at radius 2 is 1.20 bits per heavy atom. The molecule has 0 aliphatic rings. The van der Waals surface area contributed by atoms with Crippen molar-refractivity contribution in [2.24, 2.45) is 5.92 Å². The summed E-state index contributed by atoms with van der Waals surface area (Å²) in [6.45, 7) is 7.51. The van der Waals surface area contributed by atoms with Gasteiger partial charge in [0.1, 0.15) is 5.60 Å². The lowest BCUT2D eigenvalue weighted by Crippen LogP contribution is -2.32. The Balaban J connectivity index is 3.67. The number of unbranched alkanes of at least 4 members (excludes halogenated alkanes) is 11. The molecule has 0 amide bonds. The molecule has 4 heteroatoms. The molecule has 1 unspecified atom stereocenters. The molecule has 1 N–H and O–H groups in total. The van der Waals surface area contributed by atoms with Gasteiger partial charge in [-0.3, -0.25) is 9.59 Å². The van der Waals surface area contributed by atoms with Crippen LogP contribution >= 0.6 is 0 Å². The van der Waals surface area contributed by atoms with Gasteiger partial charge in [0.15, 0.2) is 5.92 Å². The average Bonchev–Trinajstić information content (AvgIpc) is 2.49. The van der Waals surface area contributed by atoms with Crippen molar-refractivity contribution < 1.29 is 19.4 Å². The Kier molecular flexibility index (Phi) is 13.5. The molecule has 25 heavy (non-hydrogen) atoms. The number of hydrogen-bond donors (Lipinski definition) is 1. The number of ether oxygens (including phenoxy) is 1. The molecule has 0 spiro atoms. The average molecular weight is 357 g/mol. The summed E-state index contributed by atoms with van der Waals surface area (Å²) in [7, 11) is 0. The molecule has 0 aromatic carbocycles. The minimum atomic E-state index is -1.07. The summed E-state index contributed by atoms with van der Waals surface area (Å²) < 4.78 is 5.20. The number of carbonyl (C=O) groups excluding carboxylic acids is 1. The van der Waals surface area contributed by atoms with Gasteiger partial charge < -0.3 is 9.84 Å². The second-order valence-electron chi connectivity index (χ2n) is 8.10. The van der Waals surface area contributed by atoms with Crippen LogP contribution in [-0.4, -0.2) is 22.6 Å². The topological polar surface area (TPSA) is 63.6 Å². The highest BCUT2D eigenvalue weighted by atomic mass is 16.6. The standard InChI is InChI=1S/C21H40O4/c1-5-6-7-8-9-10-11-12-13-14-15-16-17-18(19(22)23)20(24)25-21(2,3)4/h18H,5-17H2,1-4H3,(H,22,23).